The average Bonchev–Trinajstić information content (AvgIpc) is 3.46. The number of likely N-dealkylation sites (N-methyl/N-ethyl adjacent to an activating group) is 1. The Morgan fingerprint density at radius 3 is 2.41 bits per heavy atom. The third-order valence-electron chi connectivity index (χ3n) is 6.19. The van der Waals surface area contributed by atoms with Crippen LogP contribution in [0.1, 0.15) is 11.1 Å². The van der Waals surface area contributed by atoms with E-state index in [1.54, 1.807) is 18.4 Å². The lowest BCUT2D eigenvalue weighted by Crippen LogP contribution is -2.43. The molecule has 1 fully saturated rings. The molecule has 164 valence electrons. The minimum absolute atomic E-state index is 0.227. The molecule has 6 heteroatoms. The van der Waals surface area contributed by atoms with Crippen LogP contribution in [0.2, 0.25) is 0 Å². The molecule has 3 heterocycles. The molecular formula is C26H27FN4O. The first-order chi connectivity index (χ1) is 15.6. The topological polar surface area (TPSA) is 37.4 Å². The number of benzene rings is 2. The summed E-state index contributed by atoms with van der Waals surface area (Å²) in [5, 5.41) is 4.77. The second-order valence-electron chi connectivity index (χ2n) is 8.50. The van der Waals surface area contributed by atoms with Crippen LogP contribution in [0.25, 0.3) is 28.3 Å². The molecule has 1 aliphatic rings. The van der Waals surface area contributed by atoms with Gasteiger partial charge in [-0.2, -0.15) is 5.10 Å². The Morgan fingerprint density at radius 1 is 0.969 bits per heavy atom. The minimum Gasteiger partial charge on any atom is -0.463 e. The summed E-state index contributed by atoms with van der Waals surface area (Å²) in [5.41, 5.74) is 6.29. The smallest absolute Gasteiger partial charge is 0.152 e. The standard InChI is InChI=1S/C26H27FN4O/c1-19-16-21(20-5-8-23(27)9-6-20)7-10-24(19)31-26(25-4-3-15-32-25)22(17-28-31)18-30-13-11-29(2)12-14-30/h3-10,15-17H,11-14,18H2,1-2H3. The van der Waals surface area contributed by atoms with E-state index in [9.17, 15) is 4.39 Å². The maximum atomic E-state index is 13.3. The van der Waals surface area contributed by atoms with Crippen molar-refractivity contribution >= 4 is 0 Å². The fourth-order valence-electron chi connectivity index (χ4n) is 4.32. The van der Waals surface area contributed by atoms with Gasteiger partial charge in [-0.05, 0) is 67.1 Å². The van der Waals surface area contributed by atoms with Crippen molar-refractivity contribution < 1.29 is 8.81 Å². The average molecular weight is 431 g/mol. The Labute approximate surface area is 187 Å². The molecule has 0 aliphatic carbocycles. The predicted molar refractivity (Wildman–Crippen MR) is 124 cm³/mol. The van der Waals surface area contributed by atoms with Gasteiger partial charge in [-0.15, -0.1) is 0 Å². The number of hydrogen-bond donors (Lipinski definition) is 0. The maximum Gasteiger partial charge on any atom is 0.152 e. The van der Waals surface area contributed by atoms with E-state index in [-0.39, 0.29) is 5.82 Å². The predicted octanol–water partition coefficient (Wildman–Crippen LogP) is 4.99. The van der Waals surface area contributed by atoms with Crippen molar-refractivity contribution in [1.29, 1.82) is 0 Å². The van der Waals surface area contributed by atoms with Gasteiger partial charge in [0.25, 0.3) is 0 Å². The molecule has 0 spiro atoms. The number of hydrogen-bond acceptors (Lipinski definition) is 4. The van der Waals surface area contributed by atoms with Crippen molar-refractivity contribution in [2.75, 3.05) is 33.2 Å². The van der Waals surface area contributed by atoms with Gasteiger partial charge in [-0.1, -0.05) is 18.2 Å². The van der Waals surface area contributed by atoms with E-state index in [1.807, 2.05) is 23.0 Å². The Hall–Kier alpha value is -3.22. The summed E-state index contributed by atoms with van der Waals surface area (Å²) in [7, 11) is 2.17. The van der Waals surface area contributed by atoms with Crippen LogP contribution in [0.3, 0.4) is 0 Å². The summed E-state index contributed by atoms with van der Waals surface area (Å²) in [4.78, 5) is 4.83. The Balaban J connectivity index is 1.50. The summed E-state index contributed by atoms with van der Waals surface area (Å²) in [6, 6.07) is 16.8. The lowest BCUT2D eigenvalue weighted by molar-refractivity contribution is 0.148. The number of aromatic nitrogens is 2. The van der Waals surface area contributed by atoms with Gasteiger partial charge in [0.1, 0.15) is 11.5 Å². The van der Waals surface area contributed by atoms with Crippen LogP contribution >= 0.6 is 0 Å². The number of rotatable bonds is 5. The summed E-state index contributed by atoms with van der Waals surface area (Å²) < 4.78 is 21.1. The molecule has 1 saturated heterocycles. The fraction of sp³-hybridized carbons (Fsp3) is 0.269. The van der Waals surface area contributed by atoms with E-state index in [4.69, 9.17) is 9.52 Å². The third kappa shape index (κ3) is 4.11. The first-order valence-corrected chi connectivity index (χ1v) is 11.0. The molecular weight excluding hydrogens is 403 g/mol. The van der Waals surface area contributed by atoms with E-state index in [1.165, 1.54) is 12.1 Å². The summed E-state index contributed by atoms with van der Waals surface area (Å²) in [5.74, 6) is 0.586. The normalized spacial score (nSPS) is 15.3. The van der Waals surface area contributed by atoms with E-state index >= 15 is 0 Å². The van der Waals surface area contributed by atoms with Crippen LogP contribution < -0.4 is 0 Å². The highest BCUT2D eigenvalue weighted by Crippen LogP contribution is 2.31. The molecule has 0 atom stereocenters. The quantitative estimate of drug-likeness (QED) is 0.447. The molecule has 32 heavy (non-hydrogen) atoms. The van der Waals surface area contributed by atoms with Gasteiger partial charge in [-0.25, -0.2) is 9.07 Å². The van der Waals surface area contributed by atoms with Gasteiger partial charge in [0.2, 0.25) is 0 Å². The lowest BCUT2D eigenvalue weighted by Gasteiger charge is -2.32. The molecule has 1 aliphatic heterocycles. The number of furan rings is 1. The number of piperazine rings is 1. The highest BCUT2D eigenvalue weighted by molar-refractivity contribution is 5.68. The largest absolute Gasteiger partial charge is 0.463 e. The van der Waals surface area contributed by atoms with Crippen LogP contribution in [-0.2, 0) is 6.54 Å². The van der Waals surface area contributed by atoms with Crippen molar-refractivity contribution in [1.82, 2.24) is 19.6 Å². The van der Waals surface area contributed by atoms with Crippen molar-refractivity contribution in [3.63, 3.8) is 0 Å². The summed E-state index contributed by atoms with van der Waals surface area (Å²) >= 11 is 0. The SMILES string of the molecule is Cc1cc(-c2ccc(F)cc2)ccc1-n1ncc(CN2CCN(C)CC2)c1-c1ccco1. The molecule has 0 saturated carbocycles. The molecule has 5 nitrogen and oxygen atoms in total. The summed E-state index contributed by atoms with van der Waals surface area (Å²) in [6.45, 7) is 7.17. The van der Waals surface area contributed by atoms with Crippen molar-refractivity contribution in [2.45, 2.75) is 13.5 Å². The fourth-order valence-corrected chi connectivity index (χ4v) is 4.32. The number of nitrogens with zero attached hydrogens (tertiary/aromatic N) is 4. The van der Waals surface area contributed by atoms with Crippen molar-refractivity contribution in [3.05, 3.63) is 84.0 Å². The molecule has 0 bridgehead atoms. The Bertz CT molecular complexity index is 1190. The summed E-state index contributed by atoms with van der Waals surface area (Å²) in [6.07, 6.45) is 3.67. The minimum atomic E-state index is -0.227. The zero-order valence-corrected chi connectivity index (χ0v) is 18.5. The molecule has 5 rings (SSSR count). The molecule has 2 aromatic heterocycles. The molecule has 0 radical (unpaired) electrons. The second-order valence-corrected chi connectivity index (χ2v) is 8.50. The van der Waals surface area contributed by atoms with Crippen LogP contribution in [0.15, 0.2) is 71.5 Å². The number of aryl methyl sites for hydroxylation is 1. The van der Waals surface area contributed by atoms with Crippen LogP contribution in [-0.4, -0.2) is 52.8 Å². The van der Waals surface area contributed by atoms with E-state index in [0.717, 1.165) is 72.1 Å². The zero-order valence-electron chi connectivity index (χ0n) is 18.5. The molecule has 4 aromatic rings. The van der Waals surface area contributed by atoms with Gasteiger partial charge in [-0.3, -0.25) is 4.90 Å². The third-order valence-corrected chi connectivity index (χ3v) is 6.19. The van der Waals surface area contributed by atoms with Gasteiger partial charge >= 0.3 is 0 Å². The van der Waals surface area contributed by atoms with Gasteiger partial charge in [0.05, 0.1) is 18.1 Å². The van der Waals surface area contributed by atoms with Crippen molar-refractivity contribution in [3.8, 4) is 28.3 Å². The van der Waals surface area contributed by atoms with Gasteiger partial charge in [0.15, 0.2) is 5.76 Å². The molecule has 0 amide bonds. The van der Waals surface area contributed by atoms with Gasteiger partial charge < -0.3 is 9.32 Å². The van der Waals surface area contributed by atoms with E-state index < -0.39 is 0 Å². The molecule has 0 N–H and O–H groups in total. The Kier molecular flexibility index (Phi) is 5.64. The first-order valence-electron chi connectivity index (χ1n) is 11.0. The highest BCUT2D eigenvalue weighted by Gasteiger charge is 2.21. The first kappa shape index (κ1) is 20.7. The van der Waals surface area contributed by atoms with Crippen LogP contribution in [0, 0.1) is 12.7 Å². The van der Waals surface area contributed by atoms with Crippen molar-refractivity contribution in [2.24, 2.45) is 0 Å². The van der Waals surface area contributed by atoms with E-state index in [0.29, 0.717) is 0 Å². The van der Waals surface area contributed by atoms with E-state index in [2.05, 4.69) is 42.0 Å². The Morgan fingerprint density at radius 2 is 1.72 bits per heavy atom. The lowest BCUT2D eigenvalue weighted by atomic mass is 10.0. The highest BCUT2D eigenvalue weighted by atomic mass is 19.1. The maximum absolute atomic E-state index is 13.3. The monoisotopic (exact) mass is 430 g/mol. The molecule has 0 unspecified atom stereocenters. The zero-order chi connectivity index (χ0) is 22.1. The molecule has 2 aromatic carbocycles. The van der Waals surface area contributed by atoms with Crippen LogP contribution in [0.5, 0.6) is 0 Å². The second kappa shape index (κ2) is 8.73. The van der Waals surface area contributed by atoms with Crippen LogP contribution in [0.4, 0.5) is 4.39 Å². The number of halogens is 1. The van der Waals surface area contributed by atoms with Gasteiger partial charge in [0, 0.05) is 38.3 Å².